The van der Waals surface area contributed by atoms with Crippen LogP contribution in [-0.4, -0.2) is 38.7 Å². The minimum absolute atomic E-state index is 0.0953. The first kappa shape index (κ1) is 10.9. The molecule has 0 aromatic heterocycles. The van der Waals surface area contributed by atoms with Gasteiger partial charge in [0, 0.05) is 20.1 Å². The lowest BCUT2D eigenvalue weighted by molar-refractivity contribution is -0.138. The number of carbonyl (C=O) groups excluding carboxylic acids is 2. The van der Waals surface area contributed by atoms with Crippen molar-refractivity contribution in [3.8, 4) is 0 Å². The van der Waals surface area contributed by atoms with E-state index in [2.05, 4.69) is 10.8 Å². The maximum atomic E-state index is 11.3. The first-order valence-corrected chi connectivity index (χ1v) is 4.41. The summed E-state index contributed by atoms with van der Waals surface area (Å²) in [5.74, 6) is -0.675. The first-order valence-electron chi connectivity index (χ1n) is 4.41. The summed E-state index contributed by atoms with van der Waals surface area (Å²) in [6.07, 6.45) is 0.236. The molecule has 0 aliphatic carbocycles. The zero-order valence-corrected chi connectivity index (χ0v) is 8.04. The van der Waals surface area contributed by atoms with Gasteiger partial charge < -0.3 is 10.1 Å². The van der Waals surface area contributed by atoms with Crippen LogP contribution in [0.1, 0.15) is 6.42 Å². The summed E-state index contributed by atoms with van der Waals surface area (Å²) in [6.45, 7) is 1.11. The molecule has 1 aliphatic heterocycles. The smallest absolute Gasteiger partial charge is 0.248 e. The van der Waals surface area contributed by atoms with Gasteiger partial charge in [0.25, 0.3) is 0 Å². The molecule has 1 heterocycles. The number of hydrogen-bond acceptors (Lipinski definition) is 4. The molecule has 1 rings (SSSR count). The fourth-order valence-electron chi connectivity index (χ4n) is 1.12. The molecule has 0 radical (unpaired) electrons. The van der Waals surface area contributed by atoms with E-state index < -0.39 is 0 Å². The lowest BCUT2D eigenvalue weighted by atomic mass is 10.1. The van der Waals surface area contributed by atoms with E-state index in [1.807, 2.05) is 0 Å². The summed E-state index contributed by atoms with van der Waals surface area (Å²) < 4.78 is 4.72. The van der Waals surface area contributed by atoms with E-state index in [0.29, 0.717) is 19.8 Å². The van der Waals surface area contributed by atoms with Gasteiger partial charge in [0.2, 0.25) is 11.8 Å². The molecular weight excluding hydrogens is 188 g/mol. The number of carbonyl (C=O) groups is 2. The van der Waals surface area contributed by atoms with E-state index in [-0.39, 0.29) is 24.2 Å². The van der Waals surface area contributed by atoms with Crippen molar-refractivity contribution in [1.29, 1.82) is 0 Å². The lowest BCUT2D eigenvalue weighted by Gasteiger charge is -2.08. The second kappa shape index (κ2) is 5.56. The molecule has 14 heavy (non-hydrogen) atoms. The Morgan fingerprint density at radius 2 is 2.43 bits per heavy atom. The summed E-state index contributed by atoms with van der Waals surface area (Å²) >= 11 is 0. The van der Waals surface area contributed by atoms with Crippen LogP contribution in [0.15, 0.2) is 0 Å². The monoisotopic (exact) mass is 202 g/mol. The van der Waals surface area contributed by atoms with Gasteiger partial charge in [-0.1, -0.05) is 0 Å². The number of hydrogen-bond donors (Lipinski definition) is 2. The molecule has 0 spiro atoms. The Bertz CT molecular complexity index is 219. The molecule has 0 bridgehead atoms. The molecule has 2 amide bonds. The lowest BCUT2D eigenvalue weighted by Crippen LogP contribution is -2.32. The van der Waals surface area contributed by atoms with E-state index in [9.17, 15) is 9.59 Å². The molecule has 1 fully saturated rings. The molecule has 1 unspecified atom stereocenters. The largest absolute Gasteiger partial charge is 0.382 e. The topological polar surface area (TPSA) is 76.7 Å². The van der Waals surface area contributed by atoms with Crippen molar-refractivity contribution in [3.05, 3.63) is 0 Å². The van der Waals surface area contributed by atoms with Crippen LogP contribution in [-0.2, 0) is 19.2 Å². The molecule has 6 nitrogen and oxygen atoms in total. The zero-order chi connectivity index (χ0) is 10.4. The van der Waals surface area contributed by atoms with Crippen LogP contribution in [0.3, 0.4) is 0 Å². The third-order valence-corrected chi connectivity index (χ3v) is 1.91. The Morgan fingerprint density at radius 1 is 1.64 bits per heavy atom. The number of nitrogens with one attached hydrogen (secondary N) is 2. The fourth-order valence-corrected chi connectivity index (χ4v) is 1.12. The van der Waals surface area contributed by atoms with E-state index in [0.717, 1.165) is 0 Å². The molecule has 80 valence electrons. The van der Waals surface area contributed by atoms with E-state index in [1.165, 1.54) is 0 Å². The van der Waals surface area contributed by atoms with Gasteiger partial charge in [-0.05, 0) is 0 Å². The van der Waals surface area contributed by atoms with E-state index >= 15 is 0 Å². The number of hydroxylamine groups is 1. The van der Waals surface area contributed by atoms with Crippen molar-refractivity contribution >= 4 is 11.8 Å². The maximum Gasteiger partial charge on any atom is 0.248 e. The SMILES string of the molecule is COCCONC(=O)C1CNC(=O)C1. The average Bonchev–Trinajstić information content (AvgIpc) is 2.59. The summed E-state index contributed by atoms with van der Waals surface area (Å²) in [5.41, 5.74) is 2.27. The van der Waals surface area contributed by atoms with Gasteiger partial charge in [-0.25, -0.2) is 5.48 Å². The number of amides is 2. The Kier molecular flexibility index (Phi) is 4.34. The minimum Gasteiger partial charge on any atom is -0.382 e. The van der Waals surface area contributed by atoms with Gasteiger partial charge in [0.1, 0.15) is 0 Å². The Morgan fingerprint density at radius 3 is 3.00 bits per heavy atom. The van der Waals surface area contributed by atoms with Crippen LogP contribution in [0, 0.1) is 5.92 Å². The second-order valence-corrected chi connectivity index (χ2v) is 3.01. The molecule has 0 aromatic rings. The highest BCUT2D eigenvalue weighted by molar-refractivity contribution is 5.88. The quantitative estimate of drug-likeness (QED) is 0.434. The Balaban J connectivity index is 2.12. The maximum absolute atomic E-state index is 11.3. The number of rotatable bonds is 5. The van der Waals surface area contributed by atoms with Crippen molar-refractivity contribution in [2.24, 2.45) is 5.92 Å². The van der Waals surface area contributed by atoms with Crippen LogP contribution in [0.5, 0.6) is 0 Å². The minimum atomic E-state index is -0.315. The van der Waals surface area contributed by atoms with Crippen molar-refractivity contribution in [1.82, 2.24) is 10.8 Å². The highest BCUT2D eigenvalue weighted by Gasteiger charge is 2.27. The predicted molar refractivity (Wildman–Crippen MR) is 47.1 cm³/mol. The molecular formula is C8H14N2O4. The van der Waals surface area contributed by atoms with Crippen molar-refractivity contribution in [3.63, 3.8) is 0 Å². The predicted octanol–water partition coefficient (Wildman–Crippen LogP) is -1.18. The third kappa shape index (κ3) is 3.31. The fraction of sp³-hybridized carbons (Fsp3) is 0.750. The molecule has 1 saturated heterocycles. The molecule has 1 atom stereocenters. The van der Waals surface area contributed by atoms with Crippen molar-refractivity contribution in [2.45, 2.75) is 6.42 Å². The van der Waals surface area contributed by atoms with Gasteiger partial charge in [-0.15, -0.1) is 0 Å². The van der Waals surface area contributed by atoms with Crippen LogP contribution < -0.4 is 10.8 Å². The van der Waals surface area contributed by atoms with E-state index in [1.54, 1.807) is 7.11 Å². The highest BCUT2D eigenvalue weighted by atomic mass is 16.7. The molecule has 1 aliphatic rings. The van der Waals surface area contributed by atoms with Crippen LogP contribution in [0.2, 0.25) is 0 Å². The standard InChI is InChI=1S/C8H14N2O4/c1-13-2-3-14-10-8(12)6-4-7(11)9-5-6/h6H,2-5H2,1H3,(H,9,11)(H,10,12). The number of ether oxygens (including phenoxy) is 1. The van der Waals surface area contributed by atoms with Crippen LogP contribution in [0.4, 0.5) is 0 Å². The molecule has 0 saturated carbocycles. The third-order valence-electron chi connectivity index (χ3n) is 1.91. The molecule has 6 heteroatoms. The summed E-state index contributed by atoms with van der Waals surface area (Å²) in [7, 11) is 1.55. The van der Waals surface area contributed by atoms with Crippen molar-refractivity contribution in [2.75, 3.05) is 26.9 Å². The first-order chi connectivity index (χ1) is 6.74. The summed E-state index contributed by atoms with van der Waals surface area (Å²) in [6, 6.07) is 0. The number of methoxy groups -OCH3 is 1. The Hall–Kier alpha value is -1.14. The van der Waals surface area contributed by atoms with Crippen LogP contribution in [0.25, 0.3) is 0 Å². The normalized spacial score (nSPS) is 20.6. The average molecular weight is 202 g/mol. The Labute approximate surface area is 81.9 Å². The van der Waals surface area contributed by atoms with E-state index in [4.69, 9.17) is 9.57 Å². The van der Waals surface area contributed by atoms with Gasteiger partial charge in [0.15, 0.2) is 0 Å². The second-order valence-electron chi connectivity index (χ2n) is 3.01. The van der Waals surface area contributed by atoms with Gasteiger partial charge >= 0.3 is 0 Å². The van der Waals surface area contributed by atoms with Crippen molar-refractivity contribution < 1.29 is 19.2 Å². The highest BCUT2D eigenvalue weighted by Crippen LogP contribution is 2.08. The van der Waals surface area contributed by atoms with Gasteiger partial charge in [-0.2, -0.15) is 0 Å². The van der Waals surface area contributed by atoms with Gasteiger partial charge in [-0.3, -0.25) is 14.4 Å². The zero-order valence-electron chi connectivity index (χ0n) is 8.04. The molecule has 0 aromatic carbocycles. The van der Waals surface area contributed by atoms with Gasteiger partial charge in [0.05, 0.1) is 19.1 Å². The summed E-state index contributed by atoms with van der Waals surface area (Å²) in [4.78, 5) is 26.9. The van der Waals surface area contributed by atoms with Crippen LogP contribution >= 0.6 is 0 Å². The molecule has 2 N–H and O–H groups in total. The summed E-state index contributed by atoms with van der Waals surface area (Å²) in [5, 5.41) is 2.57.